The Morgan fingerprint density at radius 2 is 1.63 bits per heavy atom. The SMILES string of the molecule is CC(=O)Oc1cccc(Cl)c1-c1nc(-c2ccccc2)c2ccccc2n1. The molecule has 0 aliphatic rings. The third-order valence-electron chi connectivity index (χ3n) is 4.10. The van der Waals surface area contributed by atoms with Crippen molar-refractivity contribution in [2.24, 2.45) is 0 Å². The molecule has 0 aliphatic carbocycles. The van der Waals surface area contributed by atoms with Gasteiger partial charge in [0.2, 0.25) is 0 Å². The van der Waals surface area contributed by atoms with Crippen LogP contribution in [0.15, 0.2) is 72.8 Å². The van der Waals surface area contributed by atoms with Crippen LogP contribution in [0.3, 0.4) is 0 Å². The second-order valence-corrected chi connectivity index (χ2v) is 6.39. The molecule has 0 radical (unpaired) electrons. The van der Waals surface area contributed by atoms with Gasteiger partial charge in [-0.2, -0.15) is 0 Å². The smallest absolute Gasteiger partial charge is 0.308 e. The zero-order valence-electron chi connectivity index (χ0n) is 14.5. The van der Waals surface area contributed by atoms with Crippen LogP contribution in [0.2, 0.25) is 5.02 Å². The summed E-state index contributed by atoms with van der Waals surface area (Å²) in [6.07, 6.45) is 0. The average Bonchev–Trinajstić information content (AvgIpc) is 2.67. The van der Waals surface area contributed by atoms with Crippen LogP contribution >= 0.6 is 11.6 Å². The normalized spacial score (nSPS) is 10.7. The highest BCUT2D eigenvalue weighted by Crippen LogP contribution is 2.37. The standard InChI is InChI=1S/C22H15ClN2O2/c1-14(26)27-19-13-7-11-17(23)20(19)22-24-18-12-6-5-10-16(18)21(25-22)15-8-3-2-4-9-15/h2-13H,1H3. The molecule has 0 fully saturated rings. The van der Waals surface area contributed by atoms with Crippen LogP contribution < -0.4 is 4.74 Å². The van der Waals surface area contributed by atoms with E-state index in [9.17, 15) is 4.79 Å². The Kier molecular flexibility index (Phi) is 4.57. The van der Waals surface area contributed by atoms with Gasteiger partial charge in [-0.15, -0.1) is 0 Å². The third-order valence-corrected chi connectivity index (χ3v) is 4.42. The molecular formula is C22H15ClN2O2. The van der Waals surface area contributed by atoms with Gasteiger partial charge in [0.05, 0.1) is 21.8 Å². The first-order valence-corrected chi connectivity index (χ1v) is 8.81. The summed E-state index contributed by atoms with van der Waals surface area (Å²) in [5, 5.41) is 1.36. The number of aromatic nitrogens is 2. The maximum atomic E-state index is 11.5. The molecule has 4 nitrogen and oxygen atoms in total. The molecule has 3 aromatic carbocycles. The van der Waals surface area contributed by atoms with Crippen LogP contribution in [-0.4, -0.2) is 15.9 Å². The van der Waals surface area contributed by atoms with Crippen LogP contribution in [0.1, 0.15) is 6.92 Å². The number of carbonyl (C=O) groups excluding carboxylic acids is 1. The number of esters is 1. The molecule has 0 bridgehead atoms. The van der Waals surface area contributed by atoms with Gasteiger partial charge in [0.15, 0.2) is 5.82 Å². The van der Waals surface area contributed by atoms with Crippen molar-refractivity contribution < 1.29 is 9.53 Å². The highest BCUT2D eigenvalue weighted by Gasteiger charge is 2.18. The number of para-hydroxylation sites is 1. The molecule has 1 heterocycles. The van der Waals surface area contributed by atoms with Crippen molar-refractivity contribution >= 4 is 28.5 Å². The Balaban J connectivity index is 2.01. The summed E-state index contributed by atoms with van der Waals surface area (Å²) in [7, 11) is 0. The molecule has 132 valence electrons. The van der Waals surface area contributed by atoms with E-state index in [2.05, 4.69) is 4.98 Å². The molecule has 0 unspecified atom stereocenters. The third kappa shape index (κ3) is 3.39. The van der Waals surface area contributed by atoms with Crippen LogP contribution in [-0.2, 0) is 4.79 Å². The molecule has 27 heavy (non-hydrogen) atoms. The van der Waals surface area contributed by atoms with Crippen LogP contribution in [0.4, 0.5) is 0 Å². The van der Waals surface area contributed by atoms with Gasteiger partial charge in [-0.1, -0.05) is 66.2 Å². The Labute approximate surface area is 161 Å². The summed E-state index contributed by atoms with van der Waals surface area (Å²) >= 11 is 6.43. The predicted molar refractivity (Wildman–Crippen MR) is 107 cm³/mol. The van der Waals surface area contributed by atoms with Crippen molar-refractivity contribution in [2.75, 3.05) is 0 Å². The largest absolute Gasteiger partial charge is 0.426 e. The Morgan fingerprint density at radius 1 is 0.889 bits per heavy atom. The quantitative estimate of drug-likeness (QED) is 0.349. The fourth-order valence-electron chi connectivity index (χ4n) is 2.97. The van der Waals surface area contributed by atoms with Crippen molar-refractivity contribution in [3.05, 3.63) is 77.8 Å². The van der Waals surface area contributed by atoms with E-state index in [1.807, 2.05) is 54.6 Å². The summed E-state index contributed by atoms with van der Waals surface area (Å²) in [6, 6.07) is 22.8. The summed E-state index contributed by atoms with van der Waals surface area (Å²) in [4.78, 5) is 21.0. The van der Waals surface area contributed by atoms with Gasteiger partial charge in [-0.05, 0) is 18.2 Å². The zero-order chi connectivity index (χ0) is 18.8. The summed E-state index contributed by atoms with van der Waals surface area (Å²) in [5.74, 6) is 0.321. The maximum Gasteiger partial charge on any atom is 0.308 e. The number of benzene rings is 3. The first-order chi connectivity index (χ1) is 13.1. The van der Waals surface area contributed by atoms with E-state index in [4.69, 9.17) is 21.3 Å². The molecule has 0 amide bonds. The van der Waals surface area contributed by atoms with Crippen molar-refractivity contribution in [1.82, 2.24) is 9.97 Å². The first kappa shape index (κ1) is 17.2. The lowest BCUT2D eigenvalue weighted by Crippen LogP contribution is -2.04. The molecule has 0 atom stereocenters. The summed E-state index contributed by atoms with van der Waals surface area (Å²) < 4.78 is 5.33. The topological polar surface area (TPSA) is 52.1 Å². The van der Waals surface area contributed by atoms with Crippen LogP contribution in [0.5, 0.6) is 5.75 Å². The fraction of sp³-hybridized carbons (Fsp3) is 0.0455. The minimum absolute atomic E-state index is 0.337. The van der Waals surface area contributed by atoms with Gasteiger partial charge in [0, 0.05) is 17.9 Å². The van der Waals surface area contributed by atoms with Crippen molar-refractivity contribution in [3.8, 4) is 28.4 Å². The predicted octanol–water partition coefficient (Wildman–Crippen LogP) is 5.54. The number of hydrogen-bond donors (Lipinski definition) is 0. The number of hydrogen-bond acceptors (Lipinski definition) is 4. The first-order valence-electron chi connectivity index (χ1n) is 8.43. The lowest BCUT2D eigenvalue weighted by atomic mass is 10.1. The molecule has 1 aromatic heterocycles. The van der Waals surface area contributed by atoms with Crippen LogP contribution in [0, 0.1) is 0 Å². The lowest BCUT2D eigenvalue weighted by Gasteiger charge is -2.13. The molecule has 0 N–H and O–H groups in total. The second-order valence-electron chi connectivity index (χ2n) is 5.99. The lowest BCUT2D eigenvalue weighted by molar-refractivity contribution is -0.131. The van der Waals surface area contributed by atoms with Gasteiger partial charge in [0.25, 0.3) is 0 Å². The number of halogens is 1. The van der Waals surface area contributed by atoms with Gasteiger partial charge < -0.3 is 4.74 Å². The van der Waals surface area contributed by atoms with Gasteiger partial charge >= 0.3 is 5.97 Å². The summed E-state index contributed by atoms with van der Waals surface area (Å²) in [5.41, 5.74) is 3.05. The molecule has 0 saturated carbocycles. The van der Waals surface area contributed by atoms with Gasteiger partial charge in [-0.25, -0.2) is 9.97 Å². The van der Waals surface area contributed by atoms with E-state index in [0.717, 1.165) is 22.2 Å². The molecule has 0 aliphatic heterocycles. The minimum atomic E-state index is -0.428. The molecule has 0 saturated heterocycles. The molecule has 5 heteroatoms. The fourth-order valence-corrected chi connectivity index (χ4v) is 3.22. The Bertz CT molecular complexity index is 1140. The van der Waals surface area contributed by atoms with E-state index >= 15 is 0 Å². The van der Waals surface area contributed by atoms with Crippen molar-refractivity contribution in [2.45, 2.75) is 6.92 Å². The second kappa shape index (κ2) is 7.17. The Morgan fingerprint density at radius 3 is 2.41 bits per heavy atom. The van der Waals surface area contributed by atoms with Gasteiger partial charge in [0.1, 0.15) is 5.75 Å². The van der Waals surface area contributed by atoms with Crippen LogP contribution in [0.25, 0.3) is 33.5 Å². The minimum Gasteiger partial charge on any atom is -0.426 e. The Hall–Kier alpha value is -3.24. The number of ether oxygens (including phenoxy) is 1. The van der Waals surface area contributed by atoms with E-state index < -0.39 is 5.97 Å². The van der Waals surface area contributed by atoms with E-state index in [1.54, 1.807) is 18.2 Å². The number of nitrogens with zero attached hydrogens (tertiary/aromatic N) is 2. The highest BCUT2D eigenvalue weighted by molar-refractivity contribution is 6.33. The van der Waals surface area contributed by atoms with Crippen molar-refractivity contribution in [3.63, 3.8) is 0 Å². The molecule has 0 spiro atoms. The molecule has 4 rings (SSSR count). The zero-order valence-corrected chi connectivity index (χ0v) is 15.3. The van der Waals surface area contributed by atoms with Crippen molar-refractivity contribution in [1.29, 1.82) is 0 Å². The number of carbonyl (C=O) groups is 1. The average molecular weight is 375 g/mol. The maximum absolute atomic E-state index is 11.5. The monoisotopic (exact) mass is 374 g/mol. The molecule has 4 aromatic rings. The van der Waals surface area contributed by atoms with Gasteiger partial charge in [-0.3, -0.25) is 4.79 Å². The van der Waals surface area contributed by atoms with E-state index in [1.165, 1.54) is 6.92 Å². The van der Waals surface area contributed by atoms with E-state index in [-0.39, 0.29) is 0 Å². The highest BCUT2D eigenvalue weighted by atomic mass is 35.5. The molecular weight excluding hydrogens is 360 g/mol. The number of rotatable bonds is 3. The summed E-state index contributed by atoms with van der Waals surface area (Å²) in [6.45, 7) is 1.35. The van der Waals surface area contributed by atoms with E-state index in [0.29, 0.717) is 22.2 Å². The number of fused-ring (bicyclic) bond motifs is 1.